The number of ether oxygens (including phenoxy) is 1. The molecule has 0 bridgehead atoms. The third kappa shape index (κ3) is 5.13. The molecule has 1 aliphatic rings. The van der Waals surface area contributed by atoms with E-state index in [-0.39, 0.29) is 36.9 Å². The zero-order valence-corrected chi connectivity index (χ0v) is 22.0. The third-order valence-electron chi connectivity index (χ3n) is 6.69. The lowest BCUT2D eigenvalue weighted by Gasteiger charge is -2.31. The zero-order chi connectivity index (χ0) is 27.5. The molecule has 2 N–H and O–H groups in total. The quantitative estimate of drug-likeness (QED) is 0.272. The fraction of sp³-hybridized carbons (Fsp3) is 0.407. The first-order valence-corrected chi connectivity index (χ1v) is 12.9. The van der Waals surface area contributed by atoms with Crippen LogP contribution in [0.4, 0.5) is 5.95 Å². The second-order valence-corrected chi connectivity index (χ2v) is 9.40. The molecule has 1 aliphatic heterocycles. The maximum atomic E-state index is 14.0. The van der Waals surface area contributed by atoms with Crippen LogP contribution in [0.3, 0.4) is 0 Å². The molecule has 0 amide bonds. The maximum Gasteiger partial charge on any atom is 0.333 e. The highest BCUT2D eigenvalue weighted by Gasteiger charge is 2.27. The largest absolute Gasteiger partial charge is 0.465 e. The molecule has 12 heteroatoms. The summed E-state index contributed by atoms with van der Waals surface area (Å²) >= 11 is 0. The maximum absolute atomic E-state index is 14.0. The fourth-order valence-electron chi connectivity index (χ4n) is 4.90. The van der Waals surface area contributed by atoms with Crippen molar-refractivity contribution in [3.63, 3.8) is 0 Å². The van der Waals surface area contributed by atoms with Crippen molar-refractivity contribution in [1.82, 2.24) is 28.7 Å². The van der Waals surface area contributed by atoms with Crippen LogP contribution in [0.1, 0.15) is 32.3 Å². The number of imidazole rings is 1. The molecule has 0 spiro atoms. The van der Waals surface area contributed by atoms with Crippen LogP contribution < -0.4 is 21.9 Å². The van der Waals surface area contributed by atoms with Gasteiger partial charge in [0.05, 0.1) is 30.7 Å². The van der Waals surface area contributed by atoms with Gasteiger partial charge in [0.2, 0.25) is 5.95 Å². The van der Waals surface area contributed by atoms with Gasteiger partial charge in [0.25, 0.3) is 5.56 Å². The van der Waals surface area contributed by atoms with Gasteiger partial charge in [-0.05, 0) is 50.5 Å². The molecule has 4 aromatic rings. The summed E-state index contributed by atoms with van der Waals surface area (Å²) in [7, 11) is 0. The molecule has 1 saturated heterocycles. The molecule has 0 aliphatic carbocycles. The Kier molecular flexibility index (Phi) is 7.42. The molecule has 1 atom stereocenters. The van der Waals surface area contributed by atoms with E-state index >= 15 is 0 Å². The summed E-state index contributed by atoms with van der Waals surface area (Å²) in [6, 6.07) is 5.36. The molecule has 1 unspecified atom stereocenters. The first-order valence-electron chi connectivity index (χ1n) is 12.9. The highest BCUT2D eigenvalue weighted by Crippen LogP contribution is 2.23. The number of hydrogen-bond donors (Lipinski definition) is 1. The Morgan fingerprint density at radius 1 is 1.21 bits per heavy atom. The van der Waals surface area contributed by atoms with Gasteiger partial charge < -0.3 is 15.4 Å². The van der Waals surface area contributed by atoms with Crippen LogP contribution in [0.5, 0.6) is 0 Å². The summed E-state index contributed by atoms with van der Waals surface area (Å²) in [6.45, 7) is 4.53. The molecular formula is C27H30N8O4. The van der Waals surface area contributed by atoms with Crippen molar-refractivity contribution < 1.29 is 9.53 Å². The van der Waals surface area contributed by atoms with E-state index in [0.717, 1.165) is 17.4 Å². The van der Waals surface area contributed by atoms with Gasteiger partial charge >= 0.3 is 11.7 Å². The Labute approximate surface area is 224 Å². The van der Waals surface area contributed by atoms with Crippen LogP contribution in [0.15, 0.2) is 40.2 Å². The molecule has 202 valence electrons. The van der Waals surface area contributed by atoms with Crippen LogP contribution >= 0.6 is 0 Å². The van der Waals surface area contributed by atoms with Gasteiger partial charge in [-0.3, -0.25) is 33.3 Å². The predicted octanol–water partition coefficient (Wildman–Crippen LogP) is 0.865. The second kappa shape index (κ2) is 11.1. The van der Waals surface area contributed by atoms with Crippen molar-refractivity contribution in [2.75, 3.05) is 24.6 Å². The predicted molar refractivity (Wildman–Crippen MR) is 146 cm³/mol. The van der Waals surface area contributed by atoms with Crippen molar-refractivity contribution in [3.05, 3.63) is 57.0 Å². The van der Waals surface area contributed by atoms with E-state index in [2.05, 4.69) is 21.8 Å². The van der Waals surface area contributed by atoms with Crippen LogP contribution in [-0.4, -0.2) is 60.4 Å². The van der Waals surface area contributed by atoms with Crippen molar-refractivity contribution >= 4 is 34.1 Å². The van der Waals surface area contributed by atoms with Crippen molar-refractivity contribution in [2.24, 2.45) is 5.73 Å². The lowest BCUT2D eigenvalue weighted by molar-refractivity contribution is -0.143. The molecule has 0 aromatic carbocycles. The molecule has 1 fully saturated rings. The molecule has 39 heavy (non-hydrogen) atoms. The highest BCUT2D eigenvalue weighted by atomic mass is 16.5. The Hall–Kier alpha value is -4.50. The number of esters is 1. The van der Waals surface area contributed by atoms with Crippen molar-refractivity contribution in [3.8, 4) is 11.8 Å². The number of hydrogen-bond acceptors (Lipinski definition) is 9. The summed E-state index contributed by atoms with van der Waals surface area (Å²) < 4.78 is 9.14. The van der Waals surface area contributed by atoms with Gasteiger partial charge in [-0.15, -0.1) is 5.92 Å². The van der Waals surface area contributed by atoms with E-state index in [0.29, 0.717) is 35.6 Å². The van der Waals surface area contributed by atoms with Gasteiger partial charge in [-0.25, -0.2) is 4.79 Å². The summed E-state index contributed by atoms with van der Waals surface area (Å²) in [5, 5.41) is 0. The number of aromatic nitrogens is 6. The van der Waals surface area contributed by atoms with Gasteiger partial charge in [0.1, 0.15) is 6.54 Å². The average Bonchev–Trinajstić information content (AvgIpc) is 3.32. The minimum Gasteiger partial charge on any atom is -0.465 e. The Morgan fingerprint density at radius 3 is 2.82 bits per heavy atom. The number of nitrogens with zero attached hydrogens (tertiary/aromatic N) is 7. The number of fused-ring (bicyclic) bond motifs is 2. The minimum absolute atomic E-state index is 0.0448. The summed E-state index contributed by atoms with van der Waals surface area (Å²) in [5.74, 6) is 5.77. The third-order valence-corrected chi connectivity index (χ3v) is 6.69. The number of anilines is 1. The van der Waals surface area contributed by atoms with Gasteiger partial charge in [0.15, 0.2) is 11.2 Å². The molecule has 0 saturated carbocycles. The summed E-state index contributed by atoms with van der Waals surface area (Å²) in [5.41, 5.74) is 7.28. The zero-order valence-electron chi connectivity index (χ0n) is 22.0. The number of piperidine rings is 1. The van der Waals surface area contributed by atoms with E-state index in [1.54, 1.807) is 42.9 Å². The highest BCUT2D eigenvalue weighted by molar-refractivity contribution is 5.78. The number of nitrogens with two attached hydrogens (primary N) is 1. The molecular weight excluding hydrogens is 500 g/mol. The molecule has 0 radical (unpaired) electrons. The minimum atomic E-state index is -0.671. The topological polar surface area (TPSA) is 143 Å². The van der Waals surface area contributed by atoms with E-state index in [4.69, 9.17) is 15.5 Å². The van der Waals surface area contributed by atoms with Gasteiger partial charge in [-0.2, -0.15) is 4.98 Å². The number of carbonyl (C=O) groups is 1. The summed E-state index contributed by atoms with van der Waals surface area (Å²) in [6.07, 6.45) is 5.02. The number of rotatable bonds is 7. The SMILES string of the molecule is CC#CCn1c(N2CCCC(N)C2)nc2c1c(=O)n(Cc1cnc3cccnc3c1)c(=O)n2CC(=O)OCC. The number of pyridine rings is 2. The standard InChI is InChI=1S/C27H30N8O4/c1-3-5-12-33-23-24(31-26(33)32-11-7-8-19(28)16-32)34(17-22(36)39-4-2)27(38)35(25(23)37)15-18-13-21-20(30-14-18)9-6-10-29-21/h6,9-10,13-14,19H,4,7-8,11-12,15-17,28H2,1-2H3. The van der Waals surface area contributed by atoms with E-state index in [1.807, 2.05) is 11.0 Å². The van der Waals surface area contributed by atoms with E-state index in [9.17, 15) is 14.4 Å². The number of carbonyl (C=O) groups excluding carboxylic acids is 1. The van der Waals surface area contributed by atoms with Crippen molar-refractivity contribution in [2.45, 2.75) is 52.4 Å². The van der Waals surface area contributed by atoms with Crippen LogP contribution in [0.2, 0.25) is 0 Å². The summed E-state index contributed by atoms with van der Waals surface area (Å²) in [4.78, 5) is 55.7. The first kappa shape index (κ1) is 26.1. The van der Waals surface area contributed by atoms with E-state index < -0.39 is 23.8 Å². The molecule has 12 nitrogen and oxygen atoms in total. The lowest BCUT2D eigenvalue weighted by Crippen LogP contribution is -2.44. The van der Waals surface area contributed by atoms with Crippen LogP contribution in [-0.2, 0) is 29.2 Å². The van der Waals surface area contributed by atoms with Gasteiger partial charge in [0, 0.05) is 31.5 Å². The first-order chi connectivity index (χ1) is 18.9. The van der Waals surface area contributed by atoms with E-state index in [1.165, 1.54) is 4.57 Å². The Bertz CT molecular complexity index is 1730. The van der Waals surface area contributed by atoms with Crippen LogP contribution in [0, 0.1) is 11.8 Å². The Balaban J connectivity index is 1.73. The fourth-order valence-corrected chi connectivity index (χ4v) is 4.90. The lowest BCUT2D eigenvalue weighted by atomic mass is 10.1. The average molecular weight is 531 g/mol. The molecule has 5 heterocycles. The van der Waals surface area contributed by atoms with Gasteiger partial charge in [-0.1, -0.05) is 5.92 Å². The smallest absolute Gasteiger partial charge is 0.333 e. The normalized spacial score (nSPS) is 15.4. The Morgan fingerprint density at radius 2 is 2.05 bits per heavy atom. The van der Waals surface area contributed by atoms with Crippen LogP contribution in [0.25, 0.3) is 22.2 Å². The van der Waals surface area contributed by atoms with Crippen molar-refractivity contribution in [1.29, 1.82) is 0 Å². The second-order valence-electron chi connectivity index (χ2n) is 9.40. The molecule has 4 aromatic heterocycles. The monoisotopic (exact) mass is 530 g/mol. The molecule has 5 rings (SSSR count).